The van der Waals surface area contributed by atoms with Crippen LogP contribution in [0.25, 0.3) is 10.9 Å². The number of piperidine rings is 1. The fourth-order valence-corrected chi connectivity index (χ4v) is 5.26. The third-order valence-electron chi connectivity index (χ3n) is 6.66. The van der Waals surface area contributed by atoms with Crippen LogP contribution in [0.5, 0.6) is 0 Å². The van der Waals surface area contributed by atoms with Gasteiger partial charge in [-0.05, 0) is 50.9 Å². The van der Waals surface area contributed by atoms with Crippen molar-refractivity contribution in [2.24, 2.45) is 0 Å². The van der Waals surface area contributed by atoms with Gasteiger partial charge >= 0.3 is 6.03 Å². The Labute approximate surface area is 172 Å². The first-order chi connectivity index (χ1) is 14.1. The molecule has 0 unspecified atom stereocenters. The topological polar surface area (TPSA) is 71.6 Å². The number of rotatable bonds is 4. The van der Waals surface area contributed by atoms with Crippen molar-refractivity contribution < 1.29 is 9.90 Å². The van der Waals surface area contributed by atoms with Crippen LogP contribution in [0.2, 0.25) is 0 Å². The van der Waals surface area contributed by atoms with Gasteiger partial charge in [0.2, 0.25) is 0 Å². The molecule has 2 aromatic rings. The number of aliphatic hydroxyl groups is 1. The minimum absolute atomic E-state index is 0.0352. The van der Waals surface area contributed by atoms with Crippen LogP contribution in [0, 0.1) is 12.0 Å². The second-order valence-corrected chi connectivity index (χ2v) is 8.19. The highest BCUT2D eigenvalue weighted by Gasteiger charge is 2.40. The summed E-state index contributed by atoms with van der Waals surface area (Å²) < 4.78 is 0. The Morgan fingerprint density at radius 1 is 1.38 bits per heavy atom. The molecular formula is C23H30N4O2. The number of H-pyrrole nitrogens is 1. The third-order valence-corrected chi connectivity index (χ3v) is 6.66. The van der Waals surface area contributed by atoms with Gasteiger partial charge in [-0.3, -0.25) is 0 Å². The van der Waals surface area contributed by atoms with Gasteiger partial charge in [0.1, 0.15) is 6.11 Å². The normalized spacial score (nSPS) is 23.2. The number of fused-ring (bicyclic) bond motifs is 2. The first-order valence-electron chi connectivity index (χ1n) is 10.6. The van der Waals surface area contributed by atoms with Crippen molar-refractivity contribution in [1.82, 2.24) is 20.1 Å². The summed E-state index contributed by atoms with van der Waals surface area (Å²) in [6.45, 7) is 6.33. The van der Waals surface area contributed by atoms with Crippen molar-refractivity contribution in [2.75, 3.05) is 26.7 Å². The molecule has 1 aromatic carbocycles. The summed E-state index contributed by atoms with van der Waals surface area (Å²) in [4.78, 5) is 20.4. The highest BCUT2D eigenvalue weighted by Crippen LogP contribution is 2.44. The molecule has 1 aliphatic carbocycles. The summed E-state index contributed by atoms with van der Waals surface area (Å²) in [6, 6.07) is 7.05. The lowest BCUT2D eigenvalue weighted by molar-refractivity contribution is 0.124. The predicted octanol–water partition coefficient (Wildman–Crippen LogP) is 2.81. The highest BCUT2D eigenvalue weighted by atomic mass is 16.2. The Bertz CT molecular complexity index is 966. The molecule has 3 N–H and O–H groups in total. The highest BCUT2D eigenvalue weighted by molar-refractivity contribution is 5.90. The van der Waals surface area contributed by atoms with E-state index < -0.39 is 0 Å². The van der Waals surface area contributed by atoms with Gasteiger partial charge in [0.25, 0.3) is 0 Å². The van der Waals surface area contributed by atoms with E-state index >= 15 is 0 Å². The van der Waals surface area contributed by atoms with Gasteiger partial charge in [0.15, 0.2) is 0 Å². The predicted molar refractivity (Wildman–Crippen MR) is 114 cm³/mol. The van der Waals surface area contributed by atoms with E-state index in [1.165, 1.54) is 16.5 Å². The van der Waals surface area contributed by atoms with E-state index in [4.69, 9.17) is 5.11 Å². The van der Waals surface area contributed by atoms with Crippen molar-refractivity contribution >= 4 is 16.9 Å². The zero-order chi connectivity index (χ0) is 20.5. The largest absolute Gasteiger partial charge is 0.462 e. The number of likely N-dealkylation sites (tertiary alicyclic amines) is 1. The number of aromatic nitrogens is 1. The lowest BCUT2D eigenvalue weighted by Gasteiger charge is -2.46. The summed E-state index contributed by atoms with van der Waals surface area (Å²) in [6.07, 6.45) is 4.48. The lowest BCUT2D eigenvalue weighted by atomic mass is 9.73. The number of urea groups is 1. The standard InChI is InChI=1S/C23H30N4O2/c1-4-27(5-2)23(29)24-15-12-17-16-8-6-9-20-22(16)18(13-21(17)26(3)14-15)19(25-20)10-7-11-28/h6,8-9,15,17,21,25,28H,4-5,10,12-14H2,1-3H3,(H,24,29)/t15-,17+,21+/m0/s1. The maximum Gasteiger partial charge on any atom is 0.317 e. The number of hydrogen-bond donors (Lipinski definition) is 3. The molecule has 3 atom stereocenters. The van der Waals surface area contributed by atoms with Crippen LogP contribution in [0.4, 0.5) is 4.79 Å². The number of aliphatic hydroxyl groups excluding tert-OH is 1. The van der Waals surface area contributed by atoms with Gasteiger partial charge in [-0.2, -0.15) is 0 Å². The van der Waals surface area contributed by atoms with Crippen molar-refractivity contribution in [1.29, 1.82) is 0 Å². The van der Waals surface area contributed by atoms with E-state index in [1.807, 2.05) is 24.9 Å². The summed E-state index contributed by atoms with van der Waals surface area (Å²) in [7, 11) is 2.17. The van der Waals surface area contributed by atoms with Crippen molar-refractivity contribution in [3.63, 3.8) is 0 Å². The molecule has 2 heterocycles. The van der Waals surface area contributed by atoms with Crippen molar-refractivity contribution in [3.8, 4) is 12.0 Å². The molecule has 6 heteroatoms. The number of aromatic amines is 1. The average Bonchev–Trinajstić information content (AvgIpc) is 3.07. The molecule has 1 aromatic heterocycles. The fraction of sp³-hybridized carbons (Fsp3) is 0.522. The minimum atomic E-state index is 0.0352. The Kier molecular flexibility index (Phi) is 5.42. The molecule has 154 valence electrons. The Morgan fingerprint density at radius 3 is 2.90 bits per heavy atom. The quantitative estimate of drug-likeness (QED) is 0.699. The molecule has 1 saturated heterocycles. The second-order valence-electron chi connectivity index (χ2n) is 8.19. The minimum Gasteiger partial charge on any atom is -0.462 e. The average molecular weight is 395 g/mol. The Hall–Kier alpha value is -2.65. The van der Waals surface area contributed by atoms with Gasteiger partial charge in [0.05, 0.1) is 6.42 Å². The number of likely N-dealkylation sites (N-methyl/N-ethyl adjacent to an activating group) is 1. The second kappa shape index (κ2) is 8.00. The number of carbonyl (C=O) groups excluding carboxylic acids is 1. The zero-order valence-corrected chi connectivity index (χ0v) is 17.5. The number of nitrogens with zero attached hydrogens (tertiary/aromatic N) is 2. The molecule has 29 heavy (non-hydrogen) atoms. The maximum absolute atomic E-state index is 12.6. The van der Waals surface area contributed by atoms with Gasteiger partial charge in [-0.25, -0.2) is 4.79 Å². The van der Waals surface area contributed by atoms with Crippen LogP contribution in [-0.4, -0.2) is 64.7 Å². The Morgan fingerprint density at radius 2 is 2.17 bits per heavy atom. The zero-order valence-electron chi connectivity index (χ0n) is 17.5. The van der Waals surface area contributed by atoms with Crippen LogP contribution < -0.4 is 5.32 Å². The molecule has 1 aliphatic heterocycles. The Balaban J connectivity index is 1.65. The SMILES string of the molecule is CCN(CC)C(=O)N[C@H]1C[C@@H]2c3cccc4[nH]c(CC#CO)c(c34)C[C@H]2N(C)C1. The van der Waals surface area contributed by atoms with E-state index in [9.17, 15) is 4.79 Å². The summed E-state index contributed by atoms with van der Waals surface area (Å²) in [5.41, 5.74) is 4.94. The molecule has 2 aliphatic rings. The van der Waals surface area contributed by atoms with Crippen LogP contribution in [0.15, 0.2) is 18.2 Å². The number of nitrogens with one attached hydrogen (secondary N) is 2. The smallest absolute Gasteiger partial charge is 0.317 e. The third kappa shape index (κ3) is 3.44. The molecule has 0 radical (unpaired) electrons. The first-order valence-corrected chi connectivity index (χ1v) is 10.6. The van der Waals surface area contributed by atoms with Crippen molar-refractivity contribution in [2.45, 2.75) is 51.1 Å². The maximum atomic E-state index is 12.6. The number of hydrogen-bond acceptors (Lipinski definition) is 3. The molecular weight excluding hydrogens is 364 g/mol. The monoisotopic (exact) mass is 394 g/mol. The van der Waals surface area contributed by atoms with Crippen LogP contribution in [-0.2, 0) is 12.8 Å². The van der Waals surface area contributed by atoms with Crippen molar-refractivity contribution in [3.05, 3.63) is 35.0 Å². The van der Waals surface area contributed by atoms with Crippen LogP contribution >= 0.6 is 0 Å². The molecule has 2 amide bonds. The van der Waals surface area contributed by atoms with Gasteiger partial charge < -0.3 is 25.2 Å². The fourth-order valence-electron chi connectivity index (χ4n) is 5.26. The van der Waals surface area contributed by atoms with Gasteiger partial charge in [0, 0.05) is 54.2 Å². The number of carbonyl (C=O) groups is 1. The molecule has 0 saturated carbocycles. The lowest BCUT2D eigenvalue weighted by Crippen LogP contribution is -2.56. The van der Waals surface area contributed by atoms with Gasteiger partial charge in [-0.1, -0.05) is 18.1 Å². The molecule has 4 rings (SSSR count). The van der Waals surface area contributed by atoms with Gasteiger partial charge in [-0.15, -0.1) is 0 Å². The van der Waals surface area contributed by atoms with E-state index in [0.717, 1.165) is 43.7 Å². The number of amides is 2. The molecule has 6 nitrogen and oxygen atoms in total. The summed E-state index contributed by atoms with van der Waals surface area (Å²) in [5, 5.41) is 13.5. The van der Waals surface area contributed by atoms with E-state index in [2.05, 4.69) is 46.4 Å². The summed E-state index contributed by atoms with van der Waals surface area (Å²) >= 11 is 0. The van der Waals surface area contributed by atoms with Crippen LogP contribution in [0.1, 0.15) is 43.0 Å². The molecule has 0 bridgehead atoms. The van der Waals surface area contributed by atoms with E-state index in [0.29, 0.717) is 18.4 Å². The number of benzene rings is 1. The van der Waals surface area contributed by atoms with Crippen LogP contribution in [0.3, 0.4) is 0 Å². The first kappa shape index (κ1) is 19.7. The molecule has 1 fully saturated rings. The van der Waals surface area contributed by atoms with E-state index in [-0.39, 0.29) is 12.1 Å². The molecule has 0 spiro atoms. The summed E-state index contributed by atoms with van der Waals surface area (Å²) in [5.74, 6) is 3.17. The van der Waals surface area contributed by atoms with E-state index in [1.54, 1.807) is 0 Å².